The predicted molar refractivity (Wildman–Crippen MR) is 75.7 cm³/mol. The molecular weight excluding hydrogens is 278 g/mol. The largest absolute Gasteiger partial charge is 0.505 e. The molecule has 0 fully saturated rings. The SMILES string of the molecule is Cc1cc(C=O)cc(-n2nc3ccc(Cl)cc3n2)c1O. The summed E-state index contributed by atoms with van der Waals surface area (Å²) in [6.07, 6.45) is 0.718. The average Bonchev–Trinajstić information content (AvgIpc) is 2.84. The number of aryl methyl sites for hydroxylation is 1. The maximum Gasteiger partial charge on any atom is 0.150 e. The van der Waals surface area contributed by atoms with Gasteiger partial charge in [0.1, 0.15) is 28.8 Å². The summed E-state index contributed by atoms with van der Waals surface area (Å²) in [6.45, 7) is 1.71. The summed E-state index contributed by atoms with van der Waals surface area (Å²) in [6, 6.07) is 8.29. The summed E-state index contributed by atoms with van der Waals surface area (Å²) in [7, 11) is 0. The molecule has 3 rings (SSSR count). The summed E-state index contributed by atoms with van der Waals surface area (Å²) >= 11 is 5.91. The molecule has 20 heavy (non-hydrogen) atoms. The number of carbonyl (C=O) groups is 1. The Labute approximate surface area is 119 Å². The molecule has 0 aliphatic heterocycles. The lowest BCUT2D eigenvalue weighted by Crippen LogP contribution is -2.01. The third kappa shape index (κ3) is 2.02. The van der Waals surface area contributed by atoms with Gasteiger partial charge in [0, 0.05) is 10.6 Å². The van der Waals surface area contributed by atoms with Gasteiger partial charge in [-0.1, -0.05) is 11.6 Å². The van der Waals surface area contributed by atoms with Crippen molar-refractivity contribution in [3.05, 3.63) is 46.5 Å². The zero-order valence-electron chi connectivity index (χ0n) is 10.5. The maximum atomic E-state index is 10.9. The van der Waals surface area contributed by atoms with Crippen LogP contribution in [-0.4, -0.2) is 26.4 Å². The van der Waals surface area contributed by atoms with Gasteiger partial charge in [-0.2, -0.15) is 0 Å². The normalized spacial score (nSPS) is 10.9. The Bertz CT molecular complexity index is 827. The molecule has 0 spiro atoms. The number of phenolic OH excluding ortho intramolecular Hbond substituents is 1. The van der Waals surface area contributed by atoms with Crippen molar-refractivity contribution in [2.45, 2.75) is 6.92 Å². The van der Waals surface area contributed by atoms with Gasteiger partial charge in [-0.05, 0) is 42.8 Å². The highest BCUT2D eigenvalue weighted by atomic mass is 35.5. The van der Waals surface area contributed by atoms with E-state index in [1.165, 1.54) is 10.9 Å². The van der Waals surface area contributed by atoms with E-state index in [-0.39, 0.29) is 5.75 Å². The van der Waals surface area contributed by atoms with Crippen LogP contribution < -0.4 is 0 Å². The first kappa shape index (κ1) is 12.6. The quantitative estimate of drug-likeness (QED) is 0.736. The van der Waals surface area contributed by atoms with Gasteiger partial charge < -0.3 is 5.11 Å². The molecule has 1 aromatic heterocycles. The summed E-state index contributed by atoms with van der Waals surface area (Å²) < 4.78 is 0. The summed E-state index contributed by atoms with van der Waals surface area (Å²) in [5.74, 6) is 0.0435. The molecule has 0 aliphatic carbocycles. The molecule has 0 radical (unpaired) electrons. The molecule has 100 valence electrons. The highest BCUT2D eigenvalue weighted by Crippen LogP contribution is 2.27. The van der Waals surface area contributed by atoms with E-state index in [0.717, 1.165) is 6.29 Å². The van der Waals surface area contributed by atoms with E-state index in [0.29, 0.717) is 32.9 Å². The predicted octanol–water partition coefficient (Wildman–Crippen LogP) is 2.90. The number of hydrogen-bond acceptors (Lipinski definition) is 4. The van der Waals surface area contributed by atoms with Crippen LogP contribution in [0, 0.1) is 6.92 Å². The van der Waals surface area contributed by atoms with Crippen LogP contribution in [-0.2, 0) is 0 Å². The standard InChI is InChI=1S/C14H10ClN3O2/c1-8-4-9(7-19)5-13(14(8)20)18-16-11-3-2-10(15)6-12(11)17-18/h2-7,20H,1H3. The van der Waals surface area contributed by atoms with E-state index in [9.17, 15) is 9.90 Å². The van der Waals surface area contributed by atoms with Crippen LogP contribution >= 0.6 is 11.6 Å². The van der Waals surface area contributed by atoms with Crippen LogP contribution in [0.25, 0.3) is 16.7 Å². The van der Waals surface area contributed by atoms with E-state index < -0.39 is 0 Å². The molecule has 0 aliphatic rings. The number of benzene rings is 2. The van der Waals surface area contributed by atoms with Crippen LogP contribution in [0.2, 0.25) is 5.02 Å². The number of halogens is 1. The number of aldehydes is 1. The fourth-order valence-corrected chi connectivity index (χ4v) is 2.17. The van der Waals surface area contributed by atoms with Crippen LogP contribution in [0.1, 0.15) is 15.9 Å². The Morgan fingerprint density at radius 2 is 1.95 bits per heavy atom. The molecule has 3 aromatic rings. The Morgan fingerprint density at radius 1 is 1.20 bits per heavy atom. The third-order valence-electron chi connectivity index (χ3n) is 3.00. The molecule has 6 heteroatoms. The summed E-state index contributed by atoms with van der Waals surface area (Å²) in [4.78, 5) is 12.2. The van der Waals surface area contributed by atoms with Crippen molar-refractivity contribution in [1.82, 2.24) is 15.0 Å². The fraction of sp³-hybridized carbons (Fsp3) is 0.0714. The van der Waals surface area contributed by atoms with Crippen LogP contribution in [0.3, 0.4) is 0 Å². The molecule has 0 atom stereocenters. The number of nitrogens with zero attached hydrogens (tertiary/aromatic N) is 3. The second-order valence-corrected chi connectivity index (χ2v) is 4.88. The van der Waals surface area contributed by atoms with Crippen LogP contribution in [0.15, 0.2) is 30.3 Å². The van der Waals surface area contributed by atoms with E-state index in [4.69, 9.17) is 11.6 Å². The number of fused-ring (bicyclic) bond motifs is 1. The van der Waals surface area contributed by atoms with Gasteiger partial charge >= 0.3 is 0 Å². The lowest BCUT2D eigenvalue weighted by Gasteiger charge is -2.06. The fourth-order valence-electron chi connectivity index (χ4n) is 2.00. The molecule has 2 aromatic carbocycles. The summed E-state index contributed by atoms with van der Waals surface area (Å²) in [5, 5.41) is 19.2. The Balaban J connectivity index is 2.24. The zero-order chi connectivity index (χ0) is 14.3. The number of aromatic nitrogens is 3. The number of rotatable bonds is 2. The molecule has 0 unspecified atom stereocenters. The molecule has 0 saturated carbocycles. The van der Waals surface area contributed by atoms with E-state index in [1.807, 2.05) is 0 Å². The summed E-state index contributed by atoms with van der Waals surface area (Å²) in [5.41, 5.74) is 2.67. The first-order valence-corrected chi connectivity index (χ1v) is 6.28. The Morgan fingerprint density at radius 3 is 2.70 bits per heavy atom. The number of phenols is 1. The van der Waals surface area contributed by atoms with Gasteiger partial charge in [0.05, 0.1) is 0 Å². The molecule has 1 heterocycles. The molecule has 5 nitrogen and oxygen atoms in total. The molecule has 1 N–H and O–H groups in total. The van der Waals surface area contributed by atoms with Crippen molar-refractivity contribution in [3.8, 4) is 11.4 Å². The van der Waals surface area contributed by atoms with E-state index in [2.05, 4.69) is 10.2 Å². The topological polar surface area (TPSA) is 68.0 Å². The Kier molecular flexibility index (Phi) is 2.91. The van der Waals surface area contributed by atoms with E-state index in [1.54, 1.807) is 31.2 Å². The number of carbonyl (C=O) groups excluding carboxylic acids is 1. The van der Waals surface area contributed by atoms with Gasteiger partial charge in [-0.25, -0.2) is 0 Å². The van der Waals surface area contributed by atoms with Crippen molar-refractivity contribution in [2.24, 2.45) is 0 Å². The zero-order valence-corrected chi connectivity index (χ0v) is 11.3. The highest BCUT2D eigenvalue weighted by molar-refractivity contribution is 6.31. The molecule has 0 saturated heterocycles. The van der Waals surface area contributed by atoms with Gasteiger partial charge in [0.25, 0.3) is 0 Å². The van der Waals surface area contributed by atoms with Gasteiger partial charge in [-0.3, -0.25) is 4.79 Å². The maximum absolute atomic E-state index is 10.9. The minimum atomic E-state index is 0.0435. The van der Waals surface area contributed by atoms with Crippen molar-refractivity contribution >= 4 is 28.9 Å². The molecule has 0 amide bonds. The molecule has 0 bridgehead atoms. The number of hydrogen-bond donors (Lipinski definition) is 1. The minimum absolute atomic E-state index is 0.0435. The first-order valence-electron chi connectivity index (χ1n) is 5.90. The monoisotopic (exact) mass is 287 g/mol. The lowest BCUT2D eigenvalue weighted by atomic mass is 10.1. The second-order valence-electron chi connectivity index (χ2n) is 4.45. The van der Waals surface area contributed by atoms with Gasteiger partial charge in [-0.15, -0.1) is 15.0 Å². The molecular formula is C14H10ClN3O2. The Hall–Kier alpha value is -2.40. The third-order valence-corrected chi connectivity index (χ3v) is 3.23. The lowest BCUT2D eigenvalue weighted by molar-refractivity contribution is 0.112. The van der Waals surface area contributed by atoms with Crippen LogP contribution in [0.4, 0.5) is 0 Å². The highest BCUT2D eigenvalue weighted by Gasteiger charge is 2.12. The van der Waals surface area contributed by atoms with Gasteiger partial charge in [0.2, 0.25) is 0 Å². The first-order chi connectivity index (χ1) is 9.58. The van der Waals surface area contributed by atoms with Crippen molar-refractivity contribution < 1.29 is 9.90 Å². The van der Waals surface area contributed by atoms with Crippen molar-refractivity contribution in [2.75, 3.05) is 0 Å². The minimum Gasteiger partial charge on any atom is -0.505 e. The van der Waals surface area contributed by atoms with Crippen LogP contribution in [0.5, 0.6) is 5.75 Å². The number of aromatic hydroxyl groups is 1. The van der Waals surface area contributed by atoms with Crippen molar-refractivity contribution in [3.63, 3.8) is 0 Å². The van der Waals surface area contributed by atoms with Gasteiger partial charge in [0.15, 0.2) is 0 Å². The average molecular weight is 288 g/mol. The smallest absolute Gasteiger partial charge is 0.150 e. The second kappa shape index (κ2) is 4.61. The van der Waals surface area contributed by atoms with E-state index >= 15 is 0 Å². The van der Waals surface area contributed by atoms with Crippen molar-refractivity contribution in [1.29, 1.82) is 0 Å².